The fraction of sp³-hybridized carbons (Fsp3) is 0.600. The Morgan fingerprint density at radius 1 is 1.50 bits per heavy atom. The highest BCUT2D eigenvalue weighted by molar-refractivity contribution is 5.95. The molecule has 1 aliphatic rings. The van der Waals surface area contributed by atoms with Gasteiger partial charge in [0.25, 0.3) is 5.91 Å². The van der Waals surface area contributed by atoms with Gasteiger partial charge in [0.2, 0.25) is 0 Å². The van der Waals surface area contributed by atoms with Crippen molar-refractivity contribution in [2.45, 2.75) is 33.1 Å². The lowest BCUT2D eigenvalue weighted by molar-refractivity contribution is 0.0950. The lowest BCUT2D eigenvalue weighted by Gasteiger charge is -2.09. The van der Waals surface area contributed by atoms with Crippen molar-refractivity contribution < 1.29 is 9.53 Å². The van der Waals surface area contributed by atoms with Crippen LogP contribution in [0.5, 0.6) is 0 Å². The van der Waals surface area contributed by atoms with Crippen molar-refractivity contribution in [3.8, 4) is 0 Å². The number of hydrogen-bond acceptors (Lipinski definition) is 3. The number of carbonyl (C=O) groups is 1. The van der Waals surface area contributed by atoms with Crippen molar-refractivity contribution in [2.75, 3.05) is 19.8 Å². The van der Waals surface area contributed by atoms with Gasteiger partial charge in [-0.15, -0.1) is 0 Å². The van der Waals surface area contributed by atoms with E-state index >= 15 is 0 Å². The Hall–Kier alpha value is -1.62. The first-order valence-corrected chi connectivity index (χ1v) is 7.14. The number of rotatable bonds is 5. The molecule has 0 saturated carbocycles. The van der Waals surface area contributed by atoms with Crippen LogP contribution in [-0.2, 0) is 4.74 Å². The van der Waals surface area contributed by atoms with Crippen molar-refractivity contribution in [3.05, 3.63) is 33.2 Å². The molecule has 2 N–H and O–H groups in total. The Kier molecular flexibility index (Phi) is 4.95. The number of aryl methyl sites for hydroxylation is 2. The first kappa shape index (κ1) is 14.8. The number of aromatic amines is 1. The second-order valence-electron chi connectivity index (χ2n) is 5.44. The third-order valence-corrected chi connectivity index (χ3v) is 3.68. The molecule has 1 amide bonds. The summed E-state index contributed by atoms with van der Waals surface area (Å²) >= 11 is 0. The van der Waals surface area contributed by atoms with Crippen LogP contribution in [0, 0.1) is 19.8 Å². The summed E-state index contributed by atoms with van der Waals surface area (Å²) in [4.78, 5) is 26.9. The van der Waals surface area contributed by atoms with Gasteiger partial charge >= 0.3 is 0 Å². The van der Waals surface area contributed by atoms with Crippen LogP contribution in [0.15, 0.2) is 10.9 Å². The van der Waals surface area contributed by atoms with E-state index in [1.54, 1.807) is 13.8 Å². The minimum Gasteiger partial charge on any atom is -0.381 e. The summed E-state index contributed by atoms with van der Waals surface area (Å²) in [7, 11) is 0. The summed E-state index contributed by atoms with van der Waals surface area (Å²) in [6.45, 7) is 5.85. The first-order chi connectivity index (χ1) is 9.58. The molecule has 2 rings (SSSR count). The number of ether oxygens (including phenoxy) is 1. The summed E-state index contributed by atoms with van der Waals surface area (Å²) in [5.41, 5.74) is 1.39. The van der Waals surface area contributed by atoms with E-state index in [0.29, 0.717) is 18.2 Å². The van der Waals surface area contributed by atoms with Crippen LogP contribution in [0.3, 0.4) is 0 Å². The van der Waals surface area contributed by atoms with Gasteiger partial charge in [-0.05, 0) is 39.0 Å². The molecule has 1 fully saturated rings. The Labute approximate surface area is 118 Å². The van der Waals surface area contributed by atoms with Gasteiger partial charge in [-0.1, -0.05) is 0 Å². The molecular formula is C15H22N2O3. The second kappa shape index (κ2) is 6.70. The molecule has 1 saturated heterocycles. The predicted molar refractivity (Wildman–Crippen MR) is 77.0 cm³/mol. The van der Waals surface area contributed by atoms with E-state index in [2.05, 4.69) is 10.3 Å². The molecule has 0 radical (unpaired) electrons. The number of aromatic nitrogens is 1. The largest absolute Gasteiger partial charge is 0.381 e. The van der Waals surface area contributed by atoms with Gasteiger partial charge in [-0.25, -0.2) is 0 Å². The van der Waals surface area contributed by atoms with Gasteiger partial charge in [-0.2, -0.15) is 0 Å². The van der Waals surface area contributed by atoms with Crippen molar-refractivity contribution in [3.63, 3.8) is 0 Å². The van der Waals surface area contributed by atoms with Crippen molar-refractivity contribution in [1.29, 1.82) is 0 Å². The molecule has 1 aromatic rings. The van der Waals surface area contributed by atoms with E-state index in [1.165, 1.54) is 6.07 Å². The first-order valence-electron chi connectivity index (χ1n) is 7.14. The molecule has 110 valence electrons. The fourth-order valence-electron chi connectivity index (χ4n) is 2.62. The maximum absolute atomic E-state index is 12.0. The zero-order valence-electron chi connectivity index (χ0n) is 12.1. The molecule has 0 spiro atoms. The molecule has 20 heavy (non-hydrogen) atoms. The standard InChI is InChI=1S/C15H22N2O3/c1-10-8-13(18)14(11(2)17-10)15(19)16-6-3-4-12-5-7-20-9-12/h8,12H,3-7,9H2,1-2H3,(H,16,19)(H,17,18). The molecule has 5 nitrogen and oxygen atoms in total. The number of carbonyl (C=O) groups excluding carboxylic acids is 1. The van der Waals surface area contributed by atoms with E-state index in [1.807, 2.05) is 0 Å². The Morgan fingerprint density at radius 3 is 2.95 bits per heavy atom. The normalized spacial score (nSPS) is 18.2. The zero-order chi connectivity index (χ0) is 14.5. The van der Waals surface area contributed by atoms with Crippen LogP contribution in [-0.4, -0.2) is 30.6 Å². The van der Waals surface area contributed by atoms with Crippen LogP contribution in [0.2, 0.25) is 0 Å². The topological polar surface area (TPSA) is 71.2 Å². The smallest absolute Gasteiger partial charge is 0.257 e. The number of pyridine rings is 1. The molecule has 0 bridgehead atoms. The Balaban J connectivity index is 1.84. The number of amides is 1. The Bertz CT molecular complexity index is 530. The van der Waals surface area contributed by atoms with Crippen LogP contribution in [0.4, 0.5) is 0 Å². The maximum atomic E-state index is 12.0. The predicted octanol–water partition coefficient (Wildman–Crippen LogP) is 1.54. The monoisotopic (exact) mass is 278 g/mol. The van der Waals surface area contributed by atoms with E-state index in [9.17, 15) is 9.59 Å². The molecule has 1 atom stereocenters. The van der Waals surface area contributed by atoms with Gasteiger partial charge in [0.1, 0.15) is 5.56 Å². The average Bonchev–Trinajstić information content (AvgIpc) is 2.86. The van der Waals surface area contributed by atoms with Crippen LogP contribution < -0.4 is 10.7 Å². The molecular weight excluding hydrogens is 256 g/mol. The molecule has 5 heteroatoms. The third kappa shape index (κ3) is 3.70. The van der Waals surface area contributed by atoms with E-state index < -0.39 is 0 Å². The fourth-order valence-corrected chi connectivity index (χ4v) is 2.62. The van der Waals surface area contributed by atoms with Crippen molar-refractivity contribution in [1.82, 2.24) is 10.3 Å². The van der Waals surface area contributed by atoms with Crippen LogP contribution in [0.25, 0.3) is 0 Å². The van der Waals surface area contributed by atoms with Gasteiger partial charge in [0.15, 0.2) is 5.43 Å². The number of hydrogen-bond donors (Lipinski definition) is 2. The van der Waals surface area contributed by atoms with Crippen molar-refractivity contribution in [2.24, 2.45) is 5.92 Å². The Morgan fingerprint density at radius 2 is 2.30 bits per heavy atom. The third-order valence-electron chi connectivity index (χ3n) is 3.68. The lowest BCUT2D eigenvalue weighted by Crippen LogP contribution is -2.31. The van der Waals surface area contributed by atoms with Gasteiger partial charge in [-0.3, -0.25) is 9.59 Å². The van der Waals surface area contributed by atoms with E-state index in [-0.39, 0.29) is 16.9 Å². The summed E-state index contributed by atoms with van der Waals surface area (Å²) in [5.74, 6) is 0.336. The lowest BCUT2D eigenvalue weighted by atomic mass is 10.0. The molecule has 2 heterocycles. The maximum Gasteiger partial charge on any atom is 0.257 e. The highest BCUT2D eigenvalue weighted by Crippen LogP contribution is 2.17. The number of H-pyrrole nitrogens is 1. The molecule has 1 aliphatic heterocycles. The quantitative estimate of drug-likeness (QED) is 0.803. The minimum absolute atomic E-state index is 0.222. The highest BCUT2D eigenvalue weighted by atomic mass is 16.5. The van der Waals surface area contributed by atoms with E-state index in [4.69, 9.17) is 4.74 Å². The SMILES string of the molecule is Cc1cc(=O)c(C(=O)NCCCC2CCOC2)c(C)[nH]1. The van der Waals surface area contributed by atoms with Gasteiger partial charge in [0, 0.05) is 37.2 Å². The summed E-state index contributed by atoms with van der Waals surface area (Å²) < 4.78 is 5.31. The molecule has 0 aliphatic carbocycles. The zero-order valence-corrected chi connectivity index (χ0v) is 12.1. The molecule has 0 aromatic carbocycles. The molecule has 1 aromatic heterocycles. The second-order valence-corrected chi connectivity index (χ2v) is 5.44. The van der Waals surface area contributed by atoms with Crippen LogP contribution >= 0.6 is 0 Å². The average molecular weight is 278 g/mol. The summed E-state index contributed by atoms with van der Waals surface area (Å²) in [6, 6.07) is 1.46. The van der Waals surface area contributed by atoms with Gasteiger partial charge < -0.3 is 15.0 Å². The van der Waals surface area contributed by atoms with Crippen molar-refractivity contribution >= 4 is 5.91 Å². The molecule has 1 unspecified atom stereocenters. The number of nitrogens with one attached hydrogen (secondary N) is 2. The summed E-state index contributed by atoms with van der Waals surface area (Å²) in [5, 5.41) is 2.82. The van der Waals surface area contributed by atoms with E-state index in [0.717, 1.165) is 38.2 Å². The highest BCUT2D eigenvalue weighted by Gasteiger charge is 2.16. The minimum atomic E-state index is -0.286. The summed E-state index contributed by atoms with van der Waals surface area (Å²) in [6.07, 6.45) is 3.09. The van der Waals surface area contributed by atoms with Gasteiger partial charge in [0.05, 0.1) is 0 Å². The van der Waals surface area contributed by atoms with Crippen LogP contribution in [0.1, 0.15) is 41.0 Å².